The molecule has 5 aliphatic rings. The van der Waals surface area contributed by atoms with E-state index < -0.39 is 12.2 Å². The molecular formula is C36H46ClN7O4S. The number of thiophene rings is 1. The van der Waals surface area contributed by atoms with E-state index in [-0.39, 0.29) is 24.4 Å². The smallest absolute Gasteiger partial charge is 0.410 e. The number of nitrogens with two attached hydrogens (primary N) is 1. The highest BCUT2D eigenvalue weighted by Gasteiger charge is 2.42. The molecular weight excluding hydrogens is 662 g/mol. The van der Waals surface area contributed by atoms with Crippen LogP contribution in [-0.2, 0) is 22.4 Å². The summed E-state index contributed by atoms with van der Waals surface area (Å²) in [6, 6.07) is 5.22. The van der Waals surface area contributed by atoms with Gasteiger partial charge < -0.3 is 35.4 Å². The van der Waals surface area contributed by atoms with Gasteiger partial charge in [-0.3, -0.25) is 9.69 Å². The van der Waals surface area contributed by atoms with Crippen LogP contribution in [-0.4, -0.2) is 126 Å². The number of piperazine rings is 1. The molecule has 6 heterocycles. The van der Waals surface area contributed by atoms with E-state index in [0.717, 1.165) is 30.8 Å². The Morgan fingerprint density at radius 1 is 1.00 bits per heavy atom. The average molecular weight is 708 g/mol. The molecule has 49 heavy (non-hydrogen) atoms. The number of hydrogen-bond donors (Lipinski definition) is 2. The van der Waals surface area contributed by atoms with E-state index in [2.05, 4.69) is 33.5 Å². The third kappa shape index (κ3) is 7.09. The molecule has 4 fully saturated rings. The highest BCUT2D eigenvalue weighted by Crippen LogP contribution is 2.37. The summed E-state index contributed by atoms with van der Waals surface area (Å²) in [6.45, 7) is 4.28. The topological polar surface area (TPSA) is 115 Å². The van der Waals surface area contributed by atoms with Crippen molar-refractivity contribution in [1.82, 2.24) is 24.5 Å². The van der Waals surface area contributed by atoms with Crippen molar-refractivity contribution in [3.05, 3.63) is 44.6 Å². The summed E-state index contributed by atoms with van der Waals surface area (Å²) in [6.07, 6.45) is 11.2. The van der Waals surface area contributed by atoms with Crippen LogP contribution in [0.5, 0.6) is 0 Å². The van der Waals surface area contributed by atoms with Gasteiger partial charge in [-0.1, -0.05) is 17.5 Å². The van der Waals surface area contributed by atoms with Crippen LogP contribution in [0.15, 0.2) is 22.9 Å². The molecule has 5 aliphatic heterocycles. The number of terminal acetylenes is 1. The number of benzene rings is 1. The van der Waals surface area contributed by atoms with Crippen LogP contribution in [0.1, 0.15) is 55.2 Å². The molecule has 0 saturated carbocycles. The van der Waals surface area contributed by atoms with Crippen LogP contribution in [0.2, 0.25) is 5.02 Å². The Labute approximate surface area is 297 Å². The van der Waals surface area contributed by atoms with Crippen molar-refractivity contribution in [1.29, 1.82) is 0 Å². The summed E-state index contributed by atoms with van der Waals surface area (Å²) in [4.78, 5) is 51.3. The van der Waals surface area contributed by atoms with Gasteiger partial charge in [0.2, 0.25) is 0 Å². The third-order valence-electron chi connectivity index (χ3n) is 11.5. The first kappa shape index (κ1) is 34.0. The van der Waals surface area contributed by atoms with Gasteiger partial charge in [-0.2, -0.15) is 0 Å². The van der Waals surface area contributed by atoms with Crippen molar-refractivity contribution < 1.29 is 19.1 Å². The maximum absolute atomic E-state index is 14.1. The molecule has 1 aromatic carbocycles. The summed E-state index contributed by atoms with van der Waals surface area (Å²) in [7, 11) is 2.26. The predicted octanol–water partition coefficient (Wildman–Crippen LogP) is 4.34. The van der Waals surface area contributed by atoms with E-state index in [4.69, 9.17) is 28.5 Å². The fourth-order valence-corrected chi connectivity index (χ4v) is 9.62. The number of hydrogen-bond acceptors (Lipinski definition) is 8. The molecule has 262 valence electrons. The summed E-state index contributed by atoms with van der Waals surface area (Å²) in [5.74, 6) is 2.35. The summed E-state index contributed by atoms with van der Waals surface area (Å²) in [5, 5.41) is 7.39. The number of anilines is 2. The number of amides is 4. The van der Waals surface area contributed by atoms with E-state index in [1.165, 1.54) is 25.7 Å². The maximum atomic E-state index is 14.1. The van der Waals surface area contributed by atoms with E-state index in [9.17, 15) is 14.4 Å². The normalized spacial score (nSPS) is 25.7. The van der Waals surface area contributed by atoms with Gasteiger partial charge in [-0.25, -0.2) is 9.59 Å². The number of nitrogens with one attached hydrogen (secondary N) is 1. The number of fused-ring (bicyclic) bond motifs is 3. The zero-order valence-electron chi connectivity index (χ0n) is 28.1. The largest absolute Gasteiger partial charge is 0.436 e. The van der Waals surface area contributed by atoms with Crippen molar-refractivity contribution in [2.24, 2.45) is 0 Å². The van der Waals surface area contributed by atoms with Gasteiger partial charge in [-0.05, 0) is 80.6 Å². The number of likely N-dealkylation sites (tertiary alicyclic amines) is 1. The first-order valence-electron chi connectivity index (χ1n) is 17.6. The van der Waals surface area contributed by atoms with Crippen molar-refractivity contribution in [2.75, 3.05) is 63.9 Å². The van der Waals surface area contributed by atoms with Crippen molar-refractivity contribution in [3.8, 4) is 12.3 Å². The molecule has 0 spiro atoms. The van der Waals surface area contributed by atoms with E-state index in [1.54, 1.807) is 28.4 Å². The zero-order valence-corrected chi connectivity index (χ0v) is 29.7. The number of nitrogens with zero attached hydrogens (tertiary/aromatic N) is 5. The molecule has 4 amide bonds. The molecule has 1 aromatic heterocycles. The minimum atomic E-state index is -1.04. The molecule has 2 bridgehead atoms. The van der Waals surface area contributed by atoms with Gasteiger partial charge in [0, 0.05) is 87.3 Å². The predicted molar refractivity (Wildman–Crippen MR) is 192 cm³/mol. The number of ether oxygens (including phenoxy) is 1. The van der Waals surface area contributed by atoms with Crippen molar-refractivity contribution >= 4 is 52.3 Å². The Morgan fingerprint density at radius 2 is 1.71 bits per heavy atom. The molecule has 0 aliphatic carbocycles. The lowest BCUT2D eigenvalue weighted by Gasteiger charge is -2.45. The highest BCUT2D eigenvalue weighted by molar-refractivity contribution is 7.08. The molecule has 2 unspecified atom stereocenters. The first-order chi connectivity index (χ1) is 23.7. The second kappa shape index (κ2) is 14.4. The second-order valence-electron chi connectivity index (χ2n) is 14.2. The van der Waals surface area contributed by atoms with Crippen LogP contribution in [0.4, 0.5) is 21.0 Å². The number of carbonyl (C=O) groups is 3. The van der Waals surface area contributed by atoms with Crippen LogP contribution in [0.3, 0.4) is 0 Å². The molecule has 0 radical (unpaired) electrons. The van der Waals surface area contributed by atoms with Gasteiger partial charge in [-0.15, -0.1) is 17.8 Å². The minimum Gasteiger partial charge on any atom is -0.436 e. The quantitative estimate of drug-likeness (QED) is 0.339. The summed E-state index contributed by atoms with van der Waals surface area (Å²) in [5.41, 5.74) is 9.55. The second-order valence-corrected chi connectivity index (χ2v) is 15.3. The van der Waals surface area contributed by atoms with Gasteiger partial charge in [0.05, 0.1) is 16.4 Å². The lowest BCUT2D eigenvalue weighted by atomic mass is 9.96. The number of halogens is 1. The maximum Gasteiger partial charge on any atom is 0.410 e. The Kier molecular flexibility index (Phi) is 9.98. The number of rotatable bonds is 6. The highest BCUT2D eigenvalue weighted by atomic mass is 35.5. The number of nitrogen functional groups attached to an aromatic ring is 1. The van der Waals surface area contributed by atoms with Gasteiger partial charge >= 0.3 is 12.1 Å². The summed E-state index contributed by atoms with van der Waals surface area (Å²) >= 11 is 8.00. The molecule has 3 N–H and O–H groups in total. The third-order valence-corrected chi connectivity index (χ3v) is 12.6. The van der Waals surface area contributed by atoms with Gasteiger partial charge in [0.15, 0.2) is 6.10 Å². The van der Waals surface area contributed by atoms with Gasteiger partial charge in [0.25, 0.3) is 5.91 Å². The van der Waals surface area contributed by atoms with Crippen LogP contribution in [0, 0.1) is 12.3 Å². The van der Waals surface area contributed by atoms with Crippen LogP contribution < -0.4 is 11.1 Å². The van der Waals surface area contributed by atoms with E-state index >= 15 is 0 Å². The van der Waals surface area contributed by atoms with Crippen molar-refractivity contribution in [2.45, 2.75) is 81.6 Å². The SMILES string of the molecule is C#Cc1cc(C[C@@H](OC(=O)N2CCC(N3CCc4cscc4NC3=O)CC2)C(=O)N2CCN(C3CC4CCC(C3)N4C)CC2)cc(Cl)c1N. The number of piperidine rings is 2. The minimum absolute atomic E-state index is 0.0179. The number of carbonyl (C=O) groups excluding carboxylic acids is 3. The van der Waals surface area contributed by atoms with Gasteiger partial charge in [0.1, 0.15) is 0 Å². The van der Waals surface area contributed by atoms with Crippen molar-refractivity contribution in [3.63, 3.8) is 0 Å². The fourth-order valence-electron chi connectivity index (χ4n) is 8.56. The first-order valence-corrected chi connectivity index (χ1v) is 18.9. The lowest BCUT2D eigenvalue weighted by molar-refractivity contribution is -0.143. The Balaban J connectivity index is 0.993. The fraction of sp³-hybridized carbons (Fsp3) is 0.583. The lowest BCUT2D eigenvalue weighted by Crippen LogP contribution is -2.57. The molecule has 7 rings (SSSR count). The monoisotopic (exact) mass is 707 g/mol. The van der Waals surface area contributed by atoms with Crippen LogP contribution in [0.25, 0.3) is 0 Å². The zero-order chi connectivity index (χ0) is 34.2. The molecule has 3 atom stereocenters. The molecule has 2 aromatic rings. The molecule has 11 nitrogen and oxygen atoms in total. The summed E-state index contributed by atoms with van der Waals surface area (Å²) < 4.78 is 6.06. The average Bonchev–Trinajstić information content (AvgIpc) is 3.56. The van der Waals surface area contributed by atoms with E-state index in [0.29, 0.717) is 85.5 Å². The number of urea groups is 1. The molecule has 13 heteroatoms. The Morgan fingerprint density at radius 3 is 2.41 bits per heavy atom. The standard InChI is InChI=1S/C36H46ClN7O4S/c1-3-24-16-23(17-30(37)33(24)38)18-32(34(45)42-14-12-41(13-15-42)29-19-27-4-5-28(20-29)40(27)2)48-36(47)43-9-7-26(8-10-43)44-11-6-25-21-49-22-31(25)39-35(44)46/h1,16-17,21-22,26-29,32H,4-15,18-20,38H2,2H3,(H,39,46)/t27?,28?,29?,32-/m1/s1. The van der Waals surface area contributed by atoms with Crippen LogP contribution >= 0.6 is 22.9 Å². The molecule has 4 saturated heterocycles. The van der Waals surface area contributed by atoms with E-state index in [1.807, 2.05) is 15.2 Å². The Hall–Kier alpha value is -3.50. The Bertz CT molecular complexity index is 1600.